The summed E-state index contributed by atoms with van der Waals surface area (Å²) < 4.78 is 10.6. The zero-order valence-corrected chi connectivity index (χ0v) is 13.8. The average Bonchev–Trinajstić information content (AvgIpc) is 2.52. The third-order valence-corrected chi connectivity index (χ3v) is 4.03. The summed E-state index contributed by atoms with van der Waals surface area (Å²) in [4.78, 5) is 24.7. The number of nitrogens with zero attached hydrogens (tertiary/aromatic N) is 1. The third kappa shape index (κ3) is 5.27. The molecule has 1 aliphatic heterocycles. The Labute approximate surface area is 143 Å². The van der Waals surface area contributed by atoms with E-state index in [1.165, 1.54) is 11.0 Å². The van der Waals surface area contributed by atoms with Gasteiger partial charge in [0.1, 0.15) is 12.3 Å². The van der Waals surface area contributed by atoms with Gasteiger partial charge in [-0.05, 0) is 31.0 Å². The van der Waals surface area contributed by atoms with Crippen LogP contribution in [0.2, 0.25) is 10.0 Å². The number of hydrogen-bond donors (Lipinski definition) is 1. The van der Waals surface area contributed by atoms with Crippen molar-refractivity contribution >= 4 is 35.1 Å². The number of amides is 1. The van der Waals surface area contributed by atoms with E-state index in [9.17, 15) is 9.59 Å². The molecule has 0 spiro atoms. The van der Waals surface area contributed by atoms with E-state index in [0.717, 1.165) is 0 Å². The predicted molar refractivity (Wildman–Crippen MR) is 85.1 cm³/mol. The van der Waals surface area contributed by atoms with E-state index in [1.54, 1.807) is 12.1 Å². The molecule has 1 aromatic carbocycles. The molecule has 2 rings (SSSR count). The van der Waals surface area contributed by atoms with Gasteiger partial charge in [0.25, 0.3) is 5.91 Å². The summed E-state index contributed by atoms with van der Waals surface area (Å²) in [6.45, 7) is 0.378. The fraction of sp³-hybridized carbons (Fsp3) is 0.467. The minimum absolute atomic E-state index is 0.156. The summed E-state index contributed by atoms with van der Waals surface area (Å²) in [6, 6.07) is 4.52. The second kappa shape index (κ2) is 8.38. The highest BCUT2D eigenvalue weighted by atomic mass is 35.5. The van der Waals surface area contributed by atoms with Crippen LogP contribution in [-0.2, 0) is 14.3 Å². The Morgan fingerprint density at radius 2 is 2.00 bits per heavy atom. The molecule has 0 atom stereocenters. The Kier molecular flexibility index (Phi) is 6.50. The number of benzene rings is 1. The molecule has 0 radical (unpaired) electrons. The first-order chi connectivity index (χ1) is 11.0. The molecular weight excluding hydrogens is 345 g/mol. The van der Waals surface area contributed by atoms with Crippen molar-refractivity contribution in [2.24, 2.45) is 0 Å². The van der Waals surface area contributed by atoms with E-state index in [1.807, 2.05) is 0 Å². The summed E-state index contributed by atoms with van der Waals surface area (Å²) in [5.74, 6) is -1.13. The Hall–Kier alpha value is -1.50. The number of aliphatic carboxylic acids is 1. The number of carboxylic acids is 1. The van der Waals surface area contributed by atoms with E-state index >= 15 is 0 Å². The molecule has 1 fully saturated rings. The molecule has 1 N–H and O–H groups in total. The molecule has 0 unspecified atom stereocenters. The first-order valence-electron chi connectivity index (χ1n) is 7.14. The van der Waals surface area contributed by atoms with E-state index < -0.39 is 11.9 Å². The standard InChI is InChI=1S/C15H17Cl2NO5/c16-10-1-2-13(12(17)7-10)23-9-14(19)18(8-15(20)21)11-3-5-22-6-4-11/h1-2,7,11H,3-6,8-9H2,(H,20,21). The van der Waals surface area contributed by atoms with Gasteiger partial charge in [0.05, 0.1) is 5.02 Å². The molecule has 23 heavy (non-hydrogen) atoms. The van der Waals surface area contributed by atoms with Crippen molar-refractivity contribution < 1.29 is 24.2 Å². The van der Waals surface area contributed by atoms with Crippen molar-refractivity contribution in [3.63, 3.8) is 0 Å². The van der Waals surface area contributed by atoms with Gasteiger partial charge >= 0.3 is 5.97 Å². The topological polar surface area (TPSA) is 76.1 Å². The number of rotatable bonds is 6. The normalized spacial score (nSPS) is 15.2. The Balaban J connectivity index is 2.00. The molecule has 126 valence electrons. The van der Waals surface area contributed by atoms with Crippen LogP contribution in [0.1, 0.15) is 12.8 Å². The highest BCUT2D eigenvalue weighted by molar-refractivity contribution is 6.35. The van der Waals surface area contributed by atoms with Gasteiger partial charge in [-0.25, -0.2) is 0 Å². The van der Waals surface area contributed by atoms with Crippen molar-refractivity contribution in [1.29, 1.82) is 0 Å². The second-order valence-electron chi connectivity index (χ2n) is 5.12. The van der Waals surface area contributed by atoms with Gasteiger partial charge in [-0.1, -0.05) is 23.2 Å². The number of carboxylic acid groups (broad SMARTS) is 1. The number of ether oxygens (including phenoxy) is 2. The lowest BCUT2D eigenvalue weighted by Crippen LogP contribution is -2.47. The van der Waals surface area contributed by atoms with Gasteiger partial charge in [-0.2, -0.15) is 0 Å². The van der Waals surface area contributed by atoms with Gasteiger partial charge in [0, 0.05) is 24.3 Å². The molecule has 1 aliphatic rings. The largest absolute Gasteiger partial charge is 0.482 e. The molecular formula is C15H17Cl2NO5. The number of carbonyl (C=O) groups is 2. The van der Waals surface area contributed by atoms with Crippen molar-refractivity contribution in [1.82, 2.24) is 4.90 Å². The first kappa shape index (κ1) is 17.8. The Morgan fingerprint density at radius 3 is 2.61 bits per heavy atom. The SMILES string of the molecule is O=C(O)CN(C(=O)COc1ccc(Cl)cc1Cl)C1CCOCC1. The number of carbonyl (C=O) groups excluding carboxylic acids is 1. The van der Waals surface area contributed by atoms with Crippen LogP contribution in [0.25, 0.3) is 0 Å². The average molecular weight is 362 g/mol. The summed E-state index contributed by atoms with van der Waals surface area (Å²) in [6.07, 6.45) is 1.22. The van der Waals surface area contributed by atoms with Crippen molar-refractivity contribution in [2.75, 3.05) is 26.4 Å². The zero-order valence-electron chi connectivity index (χ0n) is 12.3. The summed E-state index contributed by atoms with van der Waals surface area (Å²) in [5.41, 5.74) is 0. The zero-order chi connectivity index (χ0) is 16.8. The van der Waals surface area contributed by atoms with Gasteiger partial charge in [0.15, 0.2) is 6.61 Å². The first-order valence-corrected chi connectivity index (χ1v) is 7.90. The fourth-order valence-corrected chi connectivity index (χ4v) is 2.84. The van der Waals surface area contributed by atoms with Gasteiger partial charge in [-0.3, -0.25) is 9.59 Å². The molecule has 1 amide bonds. The predicted octanol–water partition coefficient (Wildman–Crippen LogP) is 2.46. The summed E-state index contributed by atoms with van der Waals surface area (Å²) in [5, 5.41) is 9.78. The number of hydrogen-bond acceptors (Lipinski definition) is 4. The van der Waals surface area contributed by atoms with Crippen LogP contribution in [0.4, 0.5) is 0 Å². The highest BCUT2D eigenvalue weighted by Crippen LogP contribution is 2.27. The minimum Gasteiger partial charge on any atom is -0.482 e. The highest BCUT2D eigenvalue weighted by Gasteiger charge is 2.27. The Morgan fingerprint density at radius 1 is 1.30 bits per heavy atom. The quantitative estimate of drug-likeness (QED) is 0.841. The Bertz CT molecular complexity index is 575. The van der Waals surface area contributed by atoms with Crippen LogP contribution in [0.3, 0.4) is 0 Å². The fourth-order valence-electron chi connectivity index (χ4n) is 2.38. The second-order valence-corrected chi connectivity index (χ2v) is 5.97. The van der Waals surface area contributed by atoms with Crippen LogP contribution < -0.4 is 4.74 Å². The summed E-state index contributed by atoms with van der Waals surface area (Å²) in [7, 11) is 0. The van der Waals surface area contributed by atoms with E-state index in [0.29, 0.717) is 41.9 Å². The molecule has 0 saturated carbocycles. The maximum absolute atomic E-state index is 12.4. The lowest BCUT2D eigenvalue weighted by molar-refractivity contribution is -0.148. The molecule has 6 nitrogen and oxygen atoms in total. The molecule has 1 aromatic rings. The van der Waals surface area contributed by atoms with E-state index in [-0.39, 0.29) is 19.2 Å². The van der Waals surface area contributed by atoms with Crippen LogP contribution in [0.15, 0.2) is 18.2 Å². The van der Waals surface area contributed by atoms with E-state index in [4.69, 9.17) is 37.8 Å². The maximum Gasteiger partial charge on any atom is 0.323 e. The van der Waals surface area contributed by atoms with Gasteiger partial charge < -0.3 is 19.5 Å². The maximum atomic E-state index is 12.4. The van der Waals surface area contributed by atoms with Gasteiger partial charge in [0.2, 0.25) is 0 Å². The minimum atomic E-state index is -1.06. The van der Waals surface area contributed by atoms with E-state index in [2.05, 4.69) is 0 Å². The van der Waals surface area contributed by atoms with Crippen molar-refractivity contribution in [3.8, 4) is 5.75 Å². The molecule has 0 bridgehead atoms. The lowest BCUT2D eigenvalue weighted by atomic mass is 10.1. The lowest BCUT2D eigenvalue weighted by Gasteiger charge is -2.33. The molecule has 1 heterocycles. The third-order valence-electron chi connectivity index (χ3n) is 3.50. The molecule has 1 saturated heterocycles. The smallest absolute Gasteiger partial charge is 0.323 e. The monoisotopic (exact) mass is 361 g/mol. The molecule has 0 aliphatic carbocycles. The molecule has 8 heteroatoms. The van der Waals surface area contributed by atoms with Crippen LogP contribution in [0.5, 0.6) is 5.75 Å². The molecule has 0 aromatic heterocycles. The number of halogens is 2. The van der Waals surface area contributed by atoms with Crippen LogP contribution in [0, 0.1) is 0 Å². The van der Waals surface area contributed by atoms with Crippen LogP contribution in [-0.4, -0.2) is 54.3 Å². The summed E-state index contributed by atoms with van der Waals surface area (Å²) >= 11 is 11.8. The van der Waals surface area contributed by atoms with Crippen LogP contribution >= 0.6 is 23.2 Å². The van der Waals surface area contributed by atoms with Crippen molar-refractivity contribution in [3.05, 3.63) is 28.2 Å². The van der Waals surface area contributed by atoms with Crippen molar-refractivity contribution in [2.45, 2.75) is 18.9 Å². The van der Waals surface area contributed by atoms with Gasteiger partial charge in [-0.15, -0.1) is 0 Å².